The van der Waals surface area contributed by atoms with E-state index in [1.165, 1.54) is 0 Å². The zero-order chi connectivity index (χ0) is 17.3. The molecule has 24 heavy (non-hydrogen) atoms. The molecular formula is C21H28O3. The summed E-state index contributed by atoms with van der Waals surface area (Å²) in [6.07, 6.45) is 10.6. The molecule has 0 aliphatic heterocycles. The van der Waals surface area contributed by atoms with E-state index in [1.54, 1.807) is 0 Å². The van der Waals surface area contributed by atoms with Crippen LogP contribution in [-0.4, -0.2) is 22.8 Å². The van der Waals surface area contributed by atoms with Gasteiger partial charge >= 0.3 is 0 Å². The number of ketones is 2. The predicted octanol–water partition coefficient (Wildman–Crippen LogP) is 3.00. The molecule has 0 amide bonds. The molecule has 0 spiro atoms. The second kappa shape index (κ2) is 5.18. The summed E-state index contributed by atoms with van der Waals surface area (Å²) < 4.78 is 0. The lowest BCUT2D eigenvalue weighted by atomic mass is 9.44. The number of aliphatic hydroxyl groups is 1. The summed E-state index contributed by atoms with van der Waals surface area (Å²) in [7, 11) is 0. The Bertz CT molecular complexity index is 631. The van der Waals surface area contributed by atoms with Gasteiger partial charge in [-0.15, -0.1) is 12.3 Å². The lowest BCUT2D eigenvalue weighted by Gasteiger charge is -2.59. The Hall–Kier alpha value is -1.14. The van der Waals surface area contributed by atoms with Gasteiger partial charge < -0.3 is 5.11 Å². The zero-order valence-electron chi connectivity index (χ0n) is 14.8. The van der Waals surface area contributed by atoms with Crippen molar-refractivity contribution in [3.8, 4) is 12.3 Å². The highest BCUT2D eigenvalue weighted by molar-refractivity contribution is 5.90. The van der Waals surface area contributed by atoms with Crippen molar-refractivity contribution in [2.45, 2.75) is 64.9 Å². The van der Waals surface area contributed by atoms with Crippen LogP contribution in [0.1, 0.15) is 58.8 Å². The fourth-order valence-corrected chi connectivity index (χ4v) is 6.92. The van der Waals surface area contributed by atoms with Crippen molar-refractivity contribution >= 4 is 11.6 Å². The van der Waals surface area contributed by atoms with E-state index in [9.17, 15) is 14.7 Å². The third-order valence-corrected chi connectivity index (χ3v) is 8.44. The lowest BCUT2D eigenvalue weighted by molar-refractivity contribution is -0.164. The number of Topliss-reactive ketones (excluding diaryl/α,β-unsaturated/α-hetero) is 2. The molecular weight excluding hydrogens is 300 g/mol. The first-order valence-electron chi connectivity index (χ1n) is 9.51. The molecule has 4 aliphatic rings. The van der Waals surface area contributed by atoms with Gasteiger partial charge in [-0.25, -0.2) is 0 Å². The Morgan fingerprint density at radius 3 is 2.67 bits per heavy atom. The monoisotopic (exact) mass is 328 g/mol. The van der Waals surface area contributed by atoms with E-state index < -0.39 is 6.10 Å². The highest BCUT2D eigenvalue weighted by Crippen LogP contribution is 2.64. The van der Waals surface area contributed by atoms with E-state index in [0.29, 0.717) is 36.7 Å². The highest BCUT2D eigenvalue weighted by Gasteiger charge is 2.63. The SMILES string of the molecule is C#C[C@@H]1C[C@@H]2CC(=O)[C@@H]3[C@H](CC[C@]4(C)C(=O)CC[C@@H]34)[C@@]2(C)C[C@H]1O. The maximum absolute atomic E-state index is 13.1. The summed E-state index contributed by atoms with van der Waals surface area (Å²) in [5, 5.41) is 10.5. The maximum atomic E-state index is 13.1. The first kappa shape index (κ1) is 16.3. The van der Waals surface area contributed by atoms with Crippen molar-refractivity contribution in [1.29, 1.82) is 0 Å². The number of aliphatic hydroxyl groups excluding tert-OH is 1. The van der Waals surface area contributed by atoms with Gasteiger partial charge in [0.15, 0.2) is 0 Å². The van der Waals surface area contributed by atoms with Crippen LogP contribution in [0.25, 0.3) is 0 Å². The molecule has 0 heterocycles. The Morgan fingerprint density at radius 1 is 1.21 bits per heavy atom. The molecule has 0 aromatic carbocycles. The molecule has 0 saturated heterocycles. The van der Waals surface area contributed by atoms with Gasteiger partial charge in [-0.05, 0) is 55.3 Å². The standard InChI is InChI=1S/C21H28O3/c1-4-12-9-13-10-16(22)19-14-5-6-18(24)20(14,2)8-7-15(19)21(13,3)11-17(12)23/h1,12-15,17,19,23H,5-11H2,2-3H3/t12-,13-,14+,15+,17-,19+,20+,21+/m1/s1. The lowest BCUT2D eigenvalue weighted by Crippen LogP contribution is -2.58. The zero-order valence-corrected chi connectivity index (χ0v) is 14.8. The van der Waals surface area contributed by atoms with Crippen LogP contribution in [-0.2, 0) is 9.59 Å². The summed E-state index contributed by atoms with van der Waals surface area (Å²) >= 11 is 0. The number of fused-ring (bicyclic) bond motifs is 5. The van der Waals surface area contributed by atoms with Crippen LogP contribution >= 0.6 is 0 Å². The molecule has 0 radical (unpaired) electrons. The molecule has 0 bridgehead atoms. The molecule has 4 aliphatic carbocycles. The number of hydrogen-bond donors (Lipinski definition) is 1. The van der Waals surface area contributed by atoms with Crippen molar-refractivity contribution in [2.24, 2.45) is 40.4 Å². The minimum atomic E-state index is -0.455. The highest BCUT2D eigenvalue weighted by atomic mass is 16.3. The van der Waals surface area contributed by atoms with E-state index >= 15 is 0 Å². The van der Waals surface area contributed by atoms with Crippen LogP contribution in [0, 0.1) is 52.8 Å². The molecule has 0 unspecified atom stereocenters. The Labute approximate surface area is 144 Å². The number of rotatable bonds is 0. The van der Waals surface area contributed by atoms with Crippen molar-refractivity contribution in [3.63, 3.8) is 0 Å². The first-order valence-corrected chi connectivity index (χ1v) is 9.51. The third kappa shape index (κ3) is 1.96. The van der Waals surface area contributed by atoms with E-state index in [4.69, 9.17) is 6.42 Å². The Kier molecular flexibility index (Phi) is 3.52. The normalized spacial score (nSPS) is 53.8. The van der Waals surface area contributed by atoms with Crippen molar-refractivity contribution in [1.82, 2.24) is 0 Å². The molecule has 130 valence electrons. The summed E-state index contributed by atoms with van der Waals surface area (Å²) in [5.41, 5.74) is -0.299. The van der Waals surface area contributed by atoms with Crippen LogP contribution < -0.4 is 0 Å². The minimum absolute atomic E-state index is 0.0156. The fourth-order valence-electron chi connectivity index (χ4n) is 6.92. The Morgan fingerprint density at radius 2 is 1.96 bits per heavy atom. The summed E-state index contributed by atoms with van der Waals surface area (Å²) in [6.45, 7) is 4.37. The van der Waals surface area contributed by atoms with Gasteiger partial charge in [-0.1, -0.05) is 13.8 Å². The molecule has 8 atom stereocenters. The average molecular weight is 328 g/mol. The minimum Gasteiger partial charge on any atom is -0.392 e. The molecule has 3 heteroatoms. The molecule has 4 fully saturated rings. The summed E-state index contributed by atoms with van der Waals surface area (Å²) in [4.78, 5) is 25.5. The van der Waals surface area contributed by atoms with E-state index in [-0.39, 0.29) is 34.5 Å². The largest absolute Gasteiger partial charge is 0.392 e. The van der Waals surface area contributed by atoms with E-state index in [1.807, 2.05) is 0 Å². The van der Waals surface area contributed by atoms with Crippen LogP contribution in [0.15, 0.2) is 0 Å². The van der Waals surface area contributed by atoms with Gasteiger partial charge in [-0.3, -0.25) is 9.59 Å². The third-order valence-electron chi connectivity index (χ3n) is 8.44. The van der Waals surface area contributed by atoms with E-state index in [0.717, 1.165) is 25.7 Å². The number of hydrogen-bond acceptors (Lipinski definition) is 3. The van der Waals surface area contributed by atoms with Crippen LogP contribution in [0.4, 0.5) is 0 Å². The van der Waals surface area contributed by atoms with Crippen molar-refractivity contribution < 1.29 is 14.7 Å². The molecule has 3 nitrogen and oxygen atoms in total. The second-order valence-electron chi connectivity index (χ2n) is 9.31. The van der Waals surface area contributed by atoms with Gasteiger partial charge in [0, 0.05) is 30.1 Å². The van der Waals surface area contributed by atoms with Crippen LogP contribution in [0.5, 0.6) is 0 Å². The molecule has 0 aromatic heterocycles. The second-order valence-corrected chi connectivity index (χ2v) is 9.31. The van der Waals surface area contributed by atoms with Gasteiger partial charge in [0.2, 0.25) is 0 Å². The Balaban J connectivity index is 1.70. The molecule has 4 rings (SSSR count). The van der Waals surface area contributed by atoms with Crippen LogP contribution in [0.3, 0.4) is 0 Å². The maximum Gasteiger partial charge on any atom is 0.139 e. The summed E-state index contributed by atoms with van der Waals surface area (Å²) in [6, 6.07) is 0. The number of carbonyl (C=O) groups is 2. The quantitative estimate of drug-likeness (QED) is 0.696. The molecule has 4 saturated carbocycles. The predicted molar refractivity (Wildman–Crippen MR) is 90.8 cm³/mol. The molecule has 1 N–H and O–H groups in total. The topological polar surface area (TPSA) is 54.4 Å². The van der Waals surface area contributed by atoms with Gasteiger partial charge in [0.25, 0.3) is 0 Å². The average Bonchev–Trinajstić information content (AvgIpc) is 2.83. The fraction of sp³-hybridized carbons (Fsp3) is 0.810. The molecule has 0 aromatic rings. The smallest absolute Gasteiger partial charge is 0.139 e. The van der Waals surface area contributed by atoms with Gasteiger partial charge in [0.1, 0.15) is 11.6 Å². The summed E-state index contributed by atoms with van der Waals surface area (Å²) in [5.74, 6) is 4.18. The number of carbonyl (C=O) groups excluding carboxylic acids is 2. The van der Waals surface area contributed by atoms with Crippen LogP contribution in [0.2, 0.25) is 0 Å². The van der Waals surface area contributed by atoms with Crippen molar-refractivity contribution in [3.05, 3.63) is 0 Å². The first-order chi connectivity index (χ1) is 11.3. The van der Waals surface area contributed by atoms with Gasteiger partial charge in [0.05, 0.1) is 6.10 Å². The van der Waals surface area contributed by atoms with Gasteiger partial charge in [-0.2, -0.15) is 0 Å². The van der Waals surface area contributed by atoms with Crippen molar-refractivity contribution in [2.75, 3.05) is 0 Å². The number of terminal acetylenes is 1. The van der Waals surface area contributed by atoms with E-state index in [2.05, 4.69) is 19.8 Å².